The monoisotopic (exact) mass is 108 g/mol. The SMILES string of the molecule is C=C(Cl)Cl.[C]. The fourth-order valence-corrected chi connectivity index (χ4v) is 0. The van der Waals surface area contributed by atoms with Gasteiger partial charge in [0.05, 0.1) is 4.49 Å². The van der Waals surface area contributed by atoms with Crippen molar-refractivity contribution in [1.82, 2.24) is 0 Å². The number of rotatable bonds is 0. The Balaban J connectivity index is 0. The zero-order chi connectivity index (χ0) is 3.58. The first-order valence-corrected chi connectivity index (χ1v) is 1.49. The molecule has 0 aromatic heterocycles. The van der Waals surface area contributed by atoms with E-state index in [0.717, 1.165) is 0 Å². The van der Waals surface area contributed by atoms with Crippen LogP contribution < -0.4 is 0 Å². The minimum atomic E-state index is 0. The molecule has 0 N–H and O–H groups in total. The van der Waals surface area contributed by atoms with Crippen molar-refractivity contribution in [2.75, 3.05) is 0 Å². The molecular weight excluding hydrogens is 107 g/mol. The molecule has 0 amide bonds. The highest BCUT2D eigenvalue weighted by Gasteiger charge is 1.60. The molecule has 0 saturated carbocycles. The molecule has 0 nitrogen and oxygen atoms in total. The summed E-state index contributed by atoms with van der Waals surface area (Å²) >= 11 is 9.69. The van der Waals surface area contributed by atoms with E-state index in [4.69, 9.17) is 23.2 Å². The average molecular weight is 109 g/mol. The molecule has 0 heterocycles. The van der Waals surface area contributed by atoms with Crippen LogP contribution >= 0.6 is 23.2 Å². The molecule has 0 aromatic carbocycles. The molecular formula is C3H2Cl2. The number of hydrogen-bond donors (Lipinski definition) is 0. The van der Waals surface area contributed by atoms with E-state index in [1.165, 1.54) is 0 Å². The van der Waals surface area contributed by atoms with Gasteiger partial charge in [-0.2, -0.15) is 0 Å². The van der Waals surface area contributed by atoms with Crippen LogP contribution in [0, 0.1) is 7.43 Å². The third-order valence-electron chi connectivity index (χ3n) is 0. The van der Waals surface area contributed by atoms with E-state index < -0.39 is 0 Å². The Labute approximate surface area is 42.4 Å². The maximum atomic E-state index is 4.85. The minimum absolute atomic E-state index is 0. The fraction of sp³-hybridized carbons (Fsp3) is 0. The molecule has 0 aliphatic carbocycles. The summed E-state index contributed by atoms with van der Waals surface area (Å²) in [7, 11) is 0. The Morgan fingerprint density at radius 3 is 1.40 bits per heavy atom. The molecule has 0 rings (SSSR count). The van der Waals surface area contributed by atoms with Crippen molar-refractivity contribution in [3.05, 3.63) is 18.5 Å². The van der Waals surface area contributed by atoms with E-state index in [1.54, 1.807) is 0 Å². The fourth-order valence-electron chi connectivity index (χ4n) is 0. The van der Waals surface area contributed by atoms with E-state index in [9.17, 15) is 0 Å². The van der Waals surface area contributed by atoms with E-state index in [0.29, 0.717) is 0 Å². The second-order valence-corrected chi connectivity index (χ2v) is 1.44. The molecule has 0 fully saturated rings. The van der Waals surface area contributed by atoms with Gasteiger partial charge < -0.3 is 0 Å². The predicted octanol–water partition coefficient (Wildman–Crippen LogP) is 2.02. The van der Waals surface area contributed by atoms with Gasteiger partial charge in [-0.05, 0) is 0 Å². The van der Waals surface area contributed by atoms with Crippen LogP contribution in [0.15, 0.2) is 11.1 Å². The van der Waals surface area contributed by atoms with Gasteiger partial charge in [0.1, 0.15) is 0 Å². The van der Waals surface area contributed by atoms with Crippen LogP contribution in [-0.2, 0) is 0 Å². The Kier molecular flexibility index (Phi) is 7.78. The lowest BCUT2D eigenvalue weighted by molar-refractivity contribution is 2.45. The zero-order valence-corrected chi connectivity index (χ0v) is 3.97. The summed E-state index contributed by atoms with van der Waals surface area (Å²) in [6.07, 6.45) is 0. The van der Waals surface area contributed by atoms with Crippen LogP contribution in [0.1, 0.15) is 0 Å². The smallest absolute Gasteiger partial charge is 0.0716 e. The molecule has 5 heavy (non-hydrogen) atoms. The normalized spacial score (nSPS) is 5.20. The Bertz CT molecular complexity index is 27.9. The van der Waals surface area contributed by atoms with Crippen molar-refractivity contribution in [1.29, 1.82) is 0 Å². The maximum absolute atomic E-state index is 4.85. The largest absolute Gasteiger partial charge is 0.0992 e. The third-order valence-corrected chi connectivity index (χ3v) is 0. The Hall–Kier alpha value is 0.320. The molecule has 0 aliphatic heterocycles. The van der Waals surface area contributed by atoms with Crippen molar-refractivity contribution in [2.24, 2.45) is 0 Å². The van der Waals surface area contributed by atoms with Crippen molar-refractivity contribution in [2.45, 2.75) is 0 Å². The second-order valence-electron chi connectivity index (χ2n) is 0.339. The summed E-state index contributed by atoms with van der Waals surface area (Å²) in [5.41, 5.74) is 0. The molecule has 0 aromatic rings. The maximum Gasteiger partial charge on any atom is 0.0992 e. The highest BCUT2D eigenvalue weighted by molar-refractivity contribution is 6.55. The lowest BCUT2D eigenvalue weighted by Crippen LogP contribution is -1.24. The minimum Gasteiger partial charge on any atom is -0.0716 e. The average Bonchev–Trinajstić information content (AvgIpc) is 0.811. The molecule has 0 unspecified atom stereocenters. The first kappa shape index (κ1) is 9.01. The standard InChI is InChI=1S/C2H2Cl2.C/c1-2(3)4;/h1H2;. The molecule has 2 heteroatoms. The highest BCUT2D eigenvalue weighted by Crippen LogP contribution is 1.98. The van der Waals surface area contributed by atoms with Gasteiger partial charge in [0.25, 0.3) is 0 Å². The number of halogens is 2. The lowest BCUT2D eigenvalue weighted by Gasteiger charge is -1.57. The first-order valence-electron chi connectivity index (χ1n) is 0.732. The van der Waals surface area contributed by atoms with Gasteiger partial charge in [-0.1, -0.05) is 29.8 Å². The molecule has 28 valence electrons. The quantitative estimate of drug-likeness (QED) is 0.446. The molecule has 0 spiro atoms. The topological polar surface area (TPSA) is 0 Å². The Morgan fingerprint density at radius 1 is 1.40 bits per heavy atom. The number of hydrogen-bond acceptors (Lipinski definition) is 0. The van der Waals surface area contributed by atoms with Gasteiger partial charge in [0, 0.05) is 7.43 Å². The van der Waals surface area contributed by atoms with E-state index >= 15 is 0 Å². The first-order chi connectivity index (χ1) is 1.73. The van der Waals surface area contributed by atoms with Gasteiger partial charge in [0.2, 0.25) is 0 Å². The van der Waals surface area contributed by atoms with Gasteiger partial charge >= 0.3 is 0 Å². The molecule has 0 atom stereocenters. The van der Waals surface area contributed by atoms with Gasteiger partial charge in [-0.3, -0.25) is 0 Å². The summed E-state index contributed by atoms with van der Waals surface area (Å²) in [4.78, 5) is 0. The molecule has 4 radical (unpaired) electrons. The van der Waals surface area contributed by atoms with Crippen LogP contribution in [0.2, 0.25) is 0 Å². The molecule has 0 bridgehead atoms. The van der Waals surface area contributed by atoms with Gasteiger partial charge in [-0.25, -0.2) is 0 Å². The summed E-state index contributed by atoms with van der Waals surface area (Å²) in [5, 5.41) is 0. The summed E-state index contributed by atoms with van der Waals surface area (Å²) in [6, 6.07) is 0. The van der Waals surface area contributed by atoms with Gasteiger partial charge in [0.15, 0.2) is 0 Å². The van der Waals surface area contributed by atoms with Crippen LogP contribution in [0.5, 0.6) is 0 Å². The second kappa shape index (κ2) is 4.32. The van der Waals surface area contributed by atoms with Crippen molar-refractivity contribution in [3.8, 4) is 0 Å². The molecule has 0 aliphatic rings. The van der Waals surface area contributed by atoms with Crippen molar-refractivity contribution in [3.63, 3.8) is 0 Å². The van der Waals surface area contributed by atoms with Crippen molar-refractivity contribution < 1.29 is 0 Å². The zero-order valence-electron chi connectivity index (χ0n) is 2.46. The Morgan fingerprint density at radius 2 is 1.40 bits per heavy atom. The van der Waals surface area contributed by atoms with Gasteiger partial charge in [-0.15, -0.1) is 0 Å². The van der Waals surface area contributed by atoms with Crippen LogP contribution in [0.4, 0.5) is 0 Å². The van der Waals surface area contributed by atoms with Crippen LogP contribution in [0.3, 0.4) is 0 Å². The van der Waals surface area contributed by atoms with Crippen LogP contribution in [0.25, 0.3) is 0 Å². The van der Waals surface area contributed by atoms with E-state index in [1.807, 2.05) is 0 Å². The summed E-state index contributed by atoms with van der Waals surface area (Å²) < 4.78 is 0.111. The lowest BCUT2D eigenvalue weighted by atomic mass is 11.3. The highest BCUT2D eigenvalue weighted by atomic mass is 35.5. The van der Waals surface area contributed by atoms with E-state index in [2.05, 4.69) is 6.58 Å². The third kappa shape index (κ3) is 227. The summed E-state index contributed by atoms with van der Waals surface area (Å²) in [6.45, 7) is 3.09. The summed E-state index contributed by atoms with van der Waals surface area (Å²) in [5.74, 6) is 0. The van der Waals surface area contributed by atoms with Crippen molar-refractivity contribution >= 4 is 23.2 Å². The molecule has 0 saturated heterocycles. The van der Waals surface area contributed by atoms with E-state index in [-0.39, 0.29) is 11.9 Å². The van der Waals surface area contributed by atoms with Crippen LogP contribution in [-0.4, -0.2) is 0 Å². The predicted molar refractivity (Wildman–Crippen MR) is 24.1 cm³/mol.